The molecule has 10 heteroatoms. The third-order valence-corrected chi connectivity index (χ3v) is 5.52. The molecule has 0 fully saturated rings. The Hall–Kier alpha value is -4.34. The Bertz CT molecular complexity index is 1150. The van der Waals surface area contributed by atoms with Gasteiger partial charge in [0.15, 0.2) is 0 Å². The van der Waals surface area contributed by atoms with Gasteiger partial charge >= 0.3 is 35.8 Å². The zero-order valence-electron chi connectivity index (χ0n) is 18.5. The van der Waals surface area contributed by atoms with Gasteiger partial charge in [-0.3, -0.25) is 0 Å². The molecule has 10 nitrogen and oxygen atoms in total. The van der Waals surface area contributed by atoms with Crippen LogP contribution in [-0.4, -0.2) is 49.0 Å². The summed E-state index contributed by atoms with van der Waals surface area (Å²) in [6.45, 7) is 0.412. The molecule has 35 heavy (non-hydrogen) atoms. The molecule has 0 radical (unpaired) electrons. The number of benzene rings is 2. The maximum absolute atomic E-state index is 12.1. The summed E-state index contributed by atoms with van der Waals surface area (Å²) in [6, 6.07) is 8.14. The molecule has 0 unspecified atom stereocenters. The number of hydrogen-bond donors (Lipinski definition) is 0. The highest BCUT2D eigenvalue weighted by Gasteiger charge is 2.31. The summed E-state index contributed by atoms with van der Waals surface area (Å²) >= 11 is 0. The fourth-order valence-corrected chi connectivity index (χ4v) is 3.66. The second-order valence-electron chi connectivity index (χ2n) is 7.91. The van der Waals surface area contributed by atoms with Crippen LogP contribution in [0.3, 0.4) is 0 Å². The zero-order valence-corrected chi connectivity index (χ0v) is 18.5. The quantitative estimate of drug-likeness (QED) is 0.215. The lowest BCUT2D eigenvalue weighted by Gasteiger charge is -2.07. The minimum Gasteiger partial charge on any atom is -0.462 e. The van der Waals surface area contributed by atoms with Gasteiger partial charge in [0.25, 0.3) is 0 Å². The molecule has 2 aromatic rings. The Morgan fingerprint density at radius 2 is 0.914 bits per heavy atom. The third kappa shape index (κ3) is 5.26. The summed E-state index contributed by atoms with van der Waals surface area (Å²) in [6.07, 6.45) is 3.72. The van der Waals surface area contributed by atoms with Gasteiger partial charge in [-0.1, -0.05) is 19.3 Å². The average molecular weight is 480 g/mol. The maximum atomic E-state index is 12.1. The van der Waals surface area contributed by atoms with E-state index in [2.05, 4.69) is 9.47 Å². The third-order valence-electron chi connectivity index (χ3n) is 5.52. The Morgan fingerprint density at radius 3 is 1.34 bits per heavy atom. The van der Waals surface area contributed by atoms with E-state index in [1.807, 2.05) is 0 Å². The molecule has 0 spiro atoms. The molecule has 0 saturated carbocycles. The van der Waals surface area contributed by atoms with E-state index in [0.29, 0.717) is 12.8 Å². The van der Waals surface area contributed by atoms with Gasteiger partial charge in [-0.2, -0.15) is 0 Å². The van der Waals surface area contributed by atoms with Gasteiger partial charge in [-0.05, 0) is 49.2 Å². The van der Waals surface area contributed by atoms with Gasteiger partial charge in [0.1, 0.15) is 0 Å². The molecule has 0 bridgehead atoms. The fraction of sp³-hybridized carbons (Fsp3) is 0.280. The van der Waals surface area contributed by atoms with Crippen LogP contribution in [0.25, 0.3) is 0 Å². The van der Waals surface area contributed by atoms with Crippen LogP contribution in [0.5, 0.6) is 0 Å². The van der Waals surface area contributed by atoms with Crippen LogP contribution in [0.4, 0.5) is 0 Å². The van der Waals surface area contributed by atoms with Gasteiger partial charge in [-0.15, -0.1) is 0 Å². The second-order valence-corrected chi connectivity index (χ2v) is 7.91. The van der Waals surface area contributed by atoms with E-state index in [4.69, 9.17) is 9.47 Å². The monoisotopic (exact) mass is 480 g/mol. The van der Waals surface area contributed by atoms with Crippen molar-refractivity contribution in [1.29, 1.82) is 0 Å². The van der Waals surface area contributed by atoms with Crippen LogP contribution < -0.4 is 0 Å². The zero-order chi connectivity index (χ0) is 24.9. The Labute approximate surface area is 199 Å². The number of hydrogen-bond acceptors (Lipinski definition) is 10. The minimum atomic E-state index is -0.779. The summed E-state index contributed by atoms with van der Waals surface area (Å²) in [5.41, 5.74) is 0.711. The molecule has 0 amide bonds. The first-order valence-corrected chi connectivity index (χ1v) is 11.0. The molecule has 0 saturated heterocycles. The molecule has 4 rings (SSSR count). The molecule has 2 aliphatic heterocycles. The van der Waals surface area contributed by atoms with E-state index in [1.54, 1.807) is 0 Å². The second kappa shape index (κ2) is 10.3. The van der Waals surface area contributed by atoms with Crippen molar-refractivity contribution >= 4 is 35.8 Å². The van der Waals surface area contributed by atoms with Crippen molar-refractivity contribution in [3.8, 4) is 0 Å². The summed E-state index contributed by atoms with van der Waals surface area (Å²) in [7, 11) is 0. The molecule has 2 aromatic carbocycles. The van der Waals surface area contributed by atoms with Crippen LogP contribution in [-0.2, 0) is 18.9 Å². The first-order chi connectivity index (χ1) is 16.8. The predicted octanol–water partition coefficient (Wildman–Crippen LogP) is 3.27. The summed E-state index contributed by atoms with van der Waals surface area (Å²) in [5, 5.41) is 0. The van der Waals surface area contributed by atoms with Gasteiger partial charge < -0.3 is 18.9 Å². The molecular formula is C25H20O10. The van der Waals surface area contributed by atoms with Gasteiger partial charge in [-0.25, -0.2) is 28.8 Å². The first-order valence-electron chi connectivity index (χ1n) is 11.0. The van der Waals surface area contributed by atoms with Crippen LogP contribution in [0.15, 0.2) is 36.4 Å². The Balaban J connectivity index is 1.09. The Morgan fingerprint density at radius 1 is 0.543 bits per heavy atom. The van der Waals surface area contributed by atoms with Crippen LogP contribution in [0, 0.1) is 0 Å². The van der Waals surface area contributed by atoms with E-state index in [9.17, 15) is 28.8 Å². The SMILES string of the molecule is O=C(OCCCCCCCOC(=O)c1ccc2c(c1)C(=O)OC2=O)c1ccc2c(c1)C(=O)OC2=O. The average Bonchev–Trinajstić information content (AvgIpc) is 3.30. The van der Waals surface area contributed by atoms with E-state index >= 15 is 0 Å². The van der Waals surface area contributed by atoms with Crippen molar-refractivity contribution in [2.75, 3.05) is 13.2 Å². The van der Waals surface area contributed by atoms with E-state index in [-0.39, 0.29) is 46.6 Å². The van der Waals surface area contributed by atoms with E-state index in [0.717, 1.165) is 19.3 Å². The van der Waals surface area contributed by atoms with Gasteiger partial charge in [0.2, 0.25) is 0 Å². The first kappa shape index (κ1) is 23.8. The maximum Gasteiger partial charge on any atom is 0.346 e. The fourth-order valence-electron chi connectivity index (χ4n) is 3.66. The van der Waals surface area contributed by atoms with E-state index in [1.165, 1.54) is 36.4 Å². The highest BCUT2D eigenvalue weighted by atomic mass is 16.6. The largest absolute Gasteiger partial charge is 0.462 e. The molecule has 180 valence electrons. The number of esters is 6. The number of unbranched alkanes of at least 4 members (excludes halogenated alkanes) is 4. The van der Waals surface area contributed by atoms with Crippen LogP contribution in [0.2, 0.25) is 0 Å². The van der Waals surface area contributed by atoms with Crippen LogP contribution in [0.1, 0.15) is 94.3 Å². The lowest BCUT2D eigenvalue weighted by molar-refractivity contribution is 0.0425. The molecule has 2 aliphatic rings. The number of cyclic esters (lactones) is 4. The predicted molar refractivity (Wildman–Crippen MR) is 116 cm³/mol. The van der Waals surface area contributed by atoms with Gasteiger partial charge in [0, 0.05) is 0 Å². The van der Waals surface area contributed by atoms with Crippen molar-refractivity contribution < 1.29 is 47.7 Å². The van der Waals surface area contributed by atoms with Crippen molar-refractivity contribution in [3.63, 3.8) is 0 Å². The number of rotatable bonds is 10. The molecule has 0 aromatic heterocycles. The highest BCUT2D eigenvalue weighted by molar-refractivity contribution is 6.16. The van der Waals surface area contributed by atoms with Gasteiger partial charge in [0.05, 0.1) is 46.6 Å². The number of fused-ring (bicyclic) bond motifs is 2. The lowest BCUT2D eigenvalue weighted by Crippen LogP contribution is -2.08. The number of ether oxygens (including phenoxy) is 4. The van der Waals surface area contributed by atoms with Crippen molar-refractivity contribution in [1.82, 2.24) is 0 Å². The normalized spacial score (nSPS) is 13.7. The highest BCUT2D eigenvalue weighted by Crippen LogP contribution is 2.23. The molecule has 0 aliphatic carbocycles. The van der Waals surface area contributed by atoms with E-state index < -0.39 is 35.8 Å². The molecule has 0 atom stereocenters. The molecule has 0 N–H and O–H groups in total. The lowest BCUT2D eigenvalue weighted by atomic mass is 10.1. The van der Waals surface area contributed by atoms with Crippen molar-refractivity contribution in [3.05, 3.63) is 69.8 Å². The number of carbonyl (C=O) groups excluding carboxylic acids is 6. The summed E-state index contributed by atoms with van der Waals surface area (Å²) in [4.78, 5) is 70.3. The summed E-state index contributed by atoms with van der Waals surface area (Å²) in [5.74, 6) is -4.19. The molecular weight excluding hydrogens is 460 g/mol. The minimum absolute atomic E-state index is 0.0546. The van der Waals surface area contributed by atoms with Crippen LogP contribution >= 0.6 is 0 Å². The van der Waals surface area contributed by atoms with Crippen molar-refractivity contribution in [2.45, 2.75) is 32.1 Å². The topological polar surface area (TPSA) is 139 Å². The molecule has 2 heterocycles. The number of carbonyl (C=O) groups is 6. The summed E-state index contributed by atoms with van der Waals surface area (Å²) < 4.78 is 19.4. The Kier molecular flexibility index (Phi) is 7.00. The smallest absolute Gasteiger partial charge is 0.346 e. The van der Waals surface area contributed by atoms with Crippen molar-refractivity contribution in [2.24, 2.45) is 0 Å². The standard InChI is InChI=1S/C25H20O10/c26-20(14-6-8-16-18(12-14)24(30)34-22(16)28)32-10-4-2-1-3-5-11-33-21(27)15-7-9-17-19(13-15)25(31)35-23(17)29/h6-9,12-13H,1-5,10-11H2.